The summed E-state index contributed by atoms with van der Waals surface area (Å²) in [6.07, 6.45) is -0.718. The molecule has 0 fully saturated rings. The van der Waals surface area contributed by atoms with E-state index in [1.54, 1.807) is 36.4 Å². The van der Waals surface area contributed by atoms with Crippen LogP contribution in [0.15, 0.2) is 72.8 Å². The molecule has 1 amide bonds. The van der Waals surface area contributed by atoms with Gasteiger partial charge in [-0.1, -0.05) is 18.2 Å². The zero-order valence-corrected chi connectivity index (χ0v) is 16.4. The minimum atomic E-state index is -1.05. The molecule has 158 valence electrons. The molecule has 0 saturated carbocycles. The number of methoxy groups -OCH3 is 1. The van der Waals surface area contributed by atoms with Crippen molar-refractivity contribution in [2.24, 2.45) is 0 Å². The lowest BCUT2D eigenvalue weighted by atomic mass is 10.1. The molecule has 0 unspecified atom stereocenters. The molecule has 0 aromatic heterocycles. The predicted molar refractivity (Wildman–Crippen MR) is 112 cm³/mol. The Morgan fingerprint density at radius 1 is 1.00 bits per heavy atom. The summed E-state index contributed by atoms with van der Waals surface area (Å²) in [6.45, 7) is 0.0961. The lowest BCUT2D eigenvalue weighted by Crippen LogP contribution is -2.33. The van der Waals surface area contributed by atoms with Gasteiger partial charge in [0.2, 0.25) is 0 Å². The van der Waals surface area contributed by atoms with E-state index in [4.69, 9.17) is 14.6 Å². The van der Waals surface area contributed by atoms with Gasteiger partial charge in [0.05, 0.1) is 29.8 Å². The maximum Gasteiger partial charge on any atom is 0.420 e. The van der Waals surface area contributed by atoms with E-state index in [2.05, 4.69) is 0 Å². The van der Waals surface area contributed by atoms with Crippen LogP contribution in [0.1, 0.15) is 15.9 Å². The fourth-order valence-corrected chi connectivity index (χ4v) is 2.77. The molecule has 0 atom stereocenters. The normalized spacial score (nSPS) is 10.2. The van der Waals surface area contributed by atoms with Crippen LogP contribution in [0.4, 0.5) is 16.2 Å². The maximum atomic E-state index is 12.9. The first-order valence-electron chi connectivity index (χ1n) is 9.07. The van der Waals surface area contributed by atoms with E-state index in [0.29, 0.717) is 17.0 Å². The van der Waals surface area contributed by atoms with Crippen LogP contribution in [0.25, 0.3) is 0 Å². The van der Waals surface area contributed by atoms with E-state index >= 15 is 0 Å². The third-order valence-corrected chi connectivity index (χ3v) is 4.38. The molecule has 0 aliphatic carbocycles. The van der Waals surface area contributed by atoms with Gasteiger partial charge in [0, 0.05) is 18.2 Å². The highest BCUT2D eigenvalue weighted by atomic mass is 16.6. The summed E-state index contributed by atoms with van der Waals surface area (Å²) in [5, 5.41) is 19.9. The number of carboxylic acid groups (broad SMARTS) is 1. The van der Waals surface area contributed by atoms with Crippen LogP contribution in [0.3, 0.4) is 0 Å². The number of hydrogen-bond donors (Lipinski definition) is 1. The van der Waals surface area contributed by atoms with Crippen molar-refractivity contribution in [3.05, 3.63) is 94.0 Å². The Bertz CT molecular complexity index is 1100. The van der Waals surface area contributed by atoms with Gasteiger partial charge in [-0.05, 0) is 42.0 Å². The predicted octanol–water partition coefficient (Wildman–Crippen LogP) is 4.51. The van der Waals surface area contributed by atoms with Crippen LogP contribution >= 0.6 is 0 Å². The first-order chi connectivity index (χ1) is 14.9. The van der Waals surface area contributed by atoms with E-state index in [9.17, 15) is 19.7 Å². The molecule has 31 heavy (non-hydrogen) atoms. The topological polar surface area (TPSA) is 119 Å². The van der Waals surface area contributed by atoms with Crippen LogP contribution in [0, 0.1) is 10.1 Å². The third kappa shape index (κ3) is 5.36. The zero-order chi connectivity index (χ0) is 22.4. The number of carbonyl (C=O) groups is 2. The highest BCUT2D eigenvalue weighted by molar-refractivity contribution is 5.90. The first kappa shape index (κ1) is 21.3. The van der Waals surface area contributed by atoms with E-state index in [1.165, 1.54) is 48.4 Å². The van der Waals surface area contributed by atoms with Crippen molar-refractivity contribution < 1.29 is 29.1 Å². The number of anilines is 1. The molecule has 0 heterocycles. The van der Waals surface area contributed by atoms with E-state index in [1.807, 2.05) is 0 Å². The van der Waals surface area contributed by atoms with Gasteiger partial charge in [0.15, 0.2) is 0 Å². The number of nitrogens with zero attached hydrogens (tertiary/aromatic N) is 2. The molecule has 9 nitrogen and oxygen atoms in total. The number of ether oxygens (including phenoxy) is 2. The standard InChI is InChI=1S/C22H18N2O7/c1-30-20-4-2-3-18(13-20)23(14-15-5-7-16(8-6-15)21(25)26)22(27)31-19-11-9-17(10-12-19)24(28)29/h2-13H,14H2,1H3,(H,25,26). The quantitative estimate of drug-likeness (QED) is 0.439. The molecule has 1 N–H and O–H groups in total. The summed E-state index contributed by atoms with van der Waals surface area (Å²) in [7, 11) is 1.50. The van der Waals surface area contributed by atoms with Crippen molar-refractivity contribution in [1.82, 2.24) is 0 Å². The number of carbonyl (C=O) groups excluding carboxylic acids is 1. The number of amides is 1. The molecular weight excluding hydrogens is 404 g/mol. The van der Waals surface area contributed by atoms with Crippen molar-refractivity contribution in [2.45, 2.75) is 6.54 Å². The van der Waals surface area contributed by atoms with Crippen LogP contribution in [-0.2, 0) is 6.54 Å². The Morgan fingerprint density at radius 2 is 1.68 bits per heavy atom. The Hall–Kier alpha value is -4.40. The number of carboxylic acids is 1. The summed E-state index contributed by atoms with van der Waals surface area (Å²) in [6, 6.07) is 18.1. The third-order valence-electron chi connectivity index (χ3n) is 4.38. The zero-order valence-electron chi connectivity index (χ0n) is 16.4. The van der Waals surface area contributed by atoms with Crippen molar-refractivity contribution in [3.63, 3.8) is 0 Å². The minimum absolute atomic E-state index is 0.0961. The van der Waals surface area contributed by atoms with Crippen LogP contribution in [0.5, 0.6) is 11.5 Å². The number of non-ortho nitro benzene ring substituents is 1. The Balaban J connectivity index is 1.87. The number of aromatic carboxylic acids is 1. The summed E-state index contributed by atoms with van der Waals surface area (Å²) >= 11 is 0. The molecule has 0 bridgehead atoms. The van der Waals surface area contributed by atoms with Gasteiger partial charge in [0.1, 0.15) is 11.5 Å². The van der Waals surface area contributed by atoms with Crippen molar-refractivity contribution in [3.8, 4) is 11.5 Å². The lowest BCUT2D eigenvalue weighted by molar-refractivity contribution is -0.384. The highest BCUT2D eigenvalue weighted by Gasteiger charge is 2.20. The molecule has 3 aromatic carbocycles. The summed E-state index contributed by atoms with van der Waals surface area (Å²) in [5.41, 5.74) is 1.18. The molecule has 9 heteroatoms. The van der Waals surface area contributed by atoms with Crippen LogP contribution in [-0.4, -0.2) is 29.2 Å². The lowest BCUT2D eigenvalue weighted by Gasteiger charge is -2.23. The Kier molecular flexibility index (Phi) is 6.46. The fraction of sp³-hybridized carbons (Fsp3) is 0.0909. The Labute approximate surface area is 177 Å². The van der Waals surface area contributed by atoms with Gasteiger partial charge >= 0.3 is 12.1 Å². The molecular formula is C22H18N2O7. The average molecular weight is 422 g/mol. The summed E-state index contributed by atoms with van der Waals surface area (Å²) in [5.74, 6) is -0.370. The highest BCUT2D eigenvalue weighted by Crippen LogP contribution is 2.25. The smallest absolute Gasteiger partial charge is 0.420 e. The van der Waals surface area contributed by atoms with Crippen LogP contribution < -0.4 is 14.4 Å². The number of nitro benzene ring substituents is 1. The second kappa shape index (κ2) is 9.40. The second-order valence-electron chi connectivity index (χ2n) is 6.41. The van der Waals surface area contributed by atoms with E-state index < -0.39 is 17.0 Å². The minimum Gasteiger partial charge on any atom is -0.497 e. The fourth-order valence-electron chi connectivity index (χ4n) is 2.77. The second-order valence-corrected chi connectivity index (χ2v) is 6.41. The van der Waals surface area contributed by atoms with E-state index in [0.717, 1.165) is 0 Å². The molecule has 3 rings (SSSR count). The van der Waals surface area contributed by atoms with E-state index in [-0.39, 0.29) is 23.5 Å². The number of rotatable bonds is 7. The molecule has 0 radical (unpaired) electrons. The number of nitro groups is 1. The molecule has 3 aromatic rings. The van der Waals surface area contributed by atoms with Crippen LogP contribution in [0.2, 0.25) is 0 Å². The number of benzene rings is 3. The molecule has 0 aliphatic rings. The number of hydrogen-bond acceptors (Lipinski definition) is 6. The van der Waals surface area contributed by atoms with Gasteiger partial charge in [-0.25, -0.2) is 9.59 Å². The van der Waals surface area contributed by atoms with Crippen molar-refractivity contribution in [1.29, 1.82) is 0 Å². The Morgan fingerprint density at radius 3 is 2.26 bits per heavy atom. The molecule has 0 saturated heterocycles. The summed E-state index contributed by atoms with van der Waals surface area (Å²) < 4.78 is 10.6. The van der Waals surface area contributed by atoms with Gasteiger partial charge < -0.3 is 14.6 Å². The van der Waals surface area contributed by atoms with Crippen molar-refractivity contribution >= 4 is 23.4 Å². The van der Waals surface area contributed by atoms with Gasteiger partial charge in [0.25, 0.3) is 5.69 Å². The maximum absolute atomic E-state index is 12.9. The van der Waals surface area contributed by atoms with Crippen molar-refractivity contribution in [2.75, 3.05) is 12.0 Å². The van der Waals surface area contributed by atoms with Gasteiger partial charge in [-0.2, -0.15) is 0 Å². The molecule has 0 aliphatic heterocycles. The SMILES string of the molecule is COc1cccc(N(Cc2ccc(C(=O)O)cc2)C(=O)Oc2ccc([N+](=O)[O-])cc2)c1. The average Bonchev–Trinajstić information content (AvgIpc) is 2.78. The van der Waals surface area contributed by atoms with Gasteiger partial charge in [-0.15, -0.1) is 0 Å². The summed E-state index contributed by atoms with van der Waals surface area (Å²) in [4.78, 5) is 35.6. The monoisotopic (exact) mass is 422 g/mol. The molecule has 0 spiro atoms. The van der Waals surface area contributed by atoms with Gasteiger partial charge in [-0.3, -0.25) is 15.0 Å². The largest absolute Gasteiger partial charge is 0.497 e. The first-order valence-corrected chi connectivity index (χ1v) is 9.07.